The lowest BCUT2D eigenvalue weighted by Gasteiger charge is -2.17. The van der Waals surface area contributed by atoms with Crippen molar-refractivity contribution in [2.45, 2.75) is 38.6 Å². The lowest BCUT2D eigenvalue weighted by atomic mass is 9.90. The van der Waals surface area contributed by atoms with Gasteiger partial charge >= 0.3 is 0 Å². The molecule has 1 aromatic carbocycles. The molecule has 1 aliphatic carbocycles. The second-order valence-electron chi connectivity index (χ2n) is 6.09. The Balaban J connectivity index is 1.61. The highest BCUT2D eigenvalue weighted by Crippen LogP contribution is 2.22. The van der Waals surface area contributed by atoms with Crippen LogP contribution in [0.2, 0.25) is 0 Å². The molecule has 6 heteroatoms. The number of aromatic nitrogens is 4. The van der Waals surface area contributed by atoms with Crippen molar-refractivity contribution in [3.63, 3.8) is 0 Å². The number of aromatic amines is 1. The molecule has 0 unspecified atom stereocenters. The topological polar surface area (TPSA) is 89.6 Å². The number of imidazole rings is 1. The summed E-state index contributed by atoms with van der Waals surface area (Å²) >= 11 is 0. The summed E-state index contributed by atoms with van der Waals surface area (Å²) in [6, 6.07) is 6.66. The van der Waals surface area contributed by atoms with E-state index in [1.165, 1.54) is 46.8 Å². The third-order valence-electron chi connectivity index (χ3n) is 4.61. The van der Waals surface area contributed by atoms with Gasteiger partial charge in [-0.05, 0) is 48.8 Å². The molecule has 2 aromatic heterocycles. The number of fused-ring (bicyclic) bond motifs is 2. The Hall–Kier alpha value is -2.63. The number of aryl methyl sites for hydroxylation is 3. The minimum absolute atomic E-state index is 0.164. The summed E-state index contributed by atoms with van der Waals surface area (Å²) in [5.41, 5.74) is 10.7. The number of hydrogen-bond acceptors (Lipinski definition) is 4. The molecule has 0 fully saturated rings. The highest BCUT2D eigenvalue weighted by Gasteiger charge is 2.12. The highest BCUT2D eigenvalue weighted by molar-refractivity contribution is 5.69. The van der Waals surface area contributed by atoms with Crippen LogP contribution in [-0.4, -0.2) is 19.5 Å². The first-order valence-electron chi connectivity index (χ1n) is 8.02. The number of nitrogens with zero attached hydrogens (tertiary/aromatic N) is 3. The fourth-order valence-corrected chi connectivity index (χ4v) is 3.34. The smallest absolute Gasteiger partial charge is 0.280 e. The third kappa shape index (κ3) is 2.50. The molecule has 0 atom stereocenters. The van der Waals surface area contributed by atoms with E-state index >= 15 is 0 Å². The van der Waals surface area contributed by atoms with Crippen LogP contribution in [0.15, 0.2) is 29.3 Å². The first-order valence-corrected chi connectivity index (χ1v) is 8.02. The van der Waals surface area contributed by atoms with Crippen molar-refractivity contribution in [2.75, 3.05) is 5.73 Å². The molecule has 0 saturated heterocycles. The summed E-state index contributed by atoms with van der Waals surface area (Å²) in [6.07, 6.45) is 7.12. The van der Waals surface area contributed by atoms with Crippen LogP contribution in [0.5, 0.6) is 0 Å². The van der Waals surface area contributed by atoms with E-state index in [9.17, 15) is 4.79 Å². The Morgan fingerprint density at radius 3 is 2.91 bits per heavy atom. The van der Waals surface area contributed by atoms with Gasteiger partial charge in [0.05, 0.1) is 6.33 Å². The van der Waals surface area contributed by atoms with Crippen LogP contribution in [0.3, 0.4) is 0 Å². The van der Waals surface area contributed by atoms with Crippen LogP contribution in [0.1, 0.15) is 29.5 Å². The van der Waals surface area contributed by atoms with Crippen molar-refractivity contribution >= 4 is 17.1 Å². The van der Waals surface area contributed by atoms with E-state index in [0.717, 1.165) is 12.8 Å². The summed E-state index contributed by atoms with van der Waals surface area (Å²) in [6.45, 7) is 0.519. The van der Waals surface area contributed by atoms with Crippen LogP contribution >= 0.6 is 0 Å². The summed E-state index contributed by atoms with van der Waals surface area (Å²) in [4.78, 5) is 23.4. The van der Waals surface area contributed by atoms with Crippen molar-refractivity contribution in [2.24, 2.45) is 0 Å². The van der Waals surface area contributed by atoms with Crippen LogP contribution in [-0.2, 0) is 25.8 Å². The molecule has 3 N–H and O–H groups in total. The van der Waals surface area contributed by atoms with Gasteiger partial charge in [-0.25, -0.2) is 4.98 Å². The Kier molecular flexibility index (Phi) is 3.37. The Morgan fingerprint density at radius 1 is 1.22 bits per heavy atom. The molecular formula is C17H19N5O. The van der Waals surface area contributed by atoms with E-state index < -0.39 is 0 Å². The van der Waals surface area contributed by atoms with Crippen molar-refractivity contribution < 1.29 is 0 Å². The van der Waals surface area contributed by atoms with E-state index in [1.807, 2.05) is 0 Å². The zero-order chi connectivity index (χ0) is 15.8. The Labute approximate surface area is 133 Å². The lowest BCUT2D eigenvalue weighted by molar-refractivity contribution is 0.664. The Bertz CT molecular complexity index is 924. The van der Waals surface area contributed by atoms with Crippen LogP contribution in [0.25, 0.3) is 11.2 Å². The van der Waals surface area contributed by atoms with Crippen molar-refractivity contribution in [3.8, 4) is 0 Å². The maximum absolute atomic E-state index is 12.4. The molecule has 3 aromatic rings. The van der Waals surface area contributed by atoms with Crippen molar-refractivity contribution in [3.05, 3.63) is 51.6 Å². The second-order valence-corrected chi connectivity index (χ2v) is 6.09. The SMILES string of the molecule is Nc1nc2nc[nH]c2c(=O)n1CCc1ccc2c(c1)CCCC2. The molecule has 118 valence electrons. The largest absolute Gasteiger partial charge is 0.369 e. The molecule has 0 bridgehead atoms. The minimum atomic E-state index is -0.164. The number of hydrogen-bond donors (Lipinski definition) is 2. The molecular weight excluding hydrogens is 290 g/mol. The van der Waals surface area contributed by atoms with Gasteiger partial charge in [-0.3, -0.25) is 9.36 Å². The summed E-state index contributed by atoms with van der Waals surface area (Å²) < 4.78 is 1.51. The maximum Gasteiger partial charge on any atom is 0.280 e. The van der Waals surface area contributed by atoms with Crippen LogP contribution < -0.4 is 11.3 Å². The number of nitrogen functional groups attached to an aromatic ring is 1. The van der Waals surface area contributed by atoms with E-state index in [1.54, 1.807) is 0 Å². The van der Waals surface area contributed by atoms with Gasteiger partial charge in [0, 0.05) is 6.54 Å². The fraction of sp³-hybridized carbons (Fsp3) is 0.353. The molecule has 1 aliphatic rings. The summed E-state index contributed by atoms with van der Waals surface area (Å²) in [5, 5.41) is 0. The molecule has 0 amide bonds. The van der Waals surface area contributed by atoms with Crippen molar-refractivity contribution in [1.29, 1.82) is 0 Å². The van der Waals surface area contributed by atoms with E-state index in [0.29, 0.717) is 17.7 Å². The number of anilines is 1. The zero-order valence-corrected chi connectivity index (χ0v) is 12.9. The average molecular weight is 309 g/mol. The van der Waals surface area contributed by atoms with Crippen LogP contribution in [0.4, 0.5) is 5.95 Å². The standard InChI is InChI=1S/C17H19N5O/c18-17-21-15-14(19-10-20-15)16(23)22(17)8-7-11-5-6-12-3-1-2-4-13(12)9-11/h5-6,9-10H,1-4,7-8H2,(H2,18,21)(H,19,20). The van der Waals surface area contributed by atoms with Gasteiger partial charge in [-0.2, -0.15) is 4.98 Å². The van der Waals surface area contributed by atoms with Gasteiger partial charge in [0.25, 0.3) is 5.56 Å². The predicted molar refractivity (Wildman–Crippen MR) is 89.3 cm³/mol. The third-order valence-corrected chi connectivity index (χ3v) is 4.61. The Morgan fingerprint density at radius 2 is 2.04 bits per heavy atom. The first-order chi connectivity index (χ1) is 11.2. The molecule has 23 heavy (non-hydrogen) atoms. The predicted octanol–water partition coefficient (Wildman–Crippen LogP) is 1.82. The molecule has 4 rings (SSSR count). The van der Waals surface area contributed by atoms with Crippen molar-refractivity contribution in [1.82, 2.24) is 19.5 Å². The number of rotatable bonds is 3. The molecule has 0 radical (unpaired) electrons. The highest BCUT2D eigenvalue weighted by atomic mass is 16.1. The van der Waals surface area contributed by atoms with Gasteiger partial charge in [0.2, 0.25) is 5.95 Å². The van der Waals surface area contributed by atoms with Crippen LogP contribution in [0, 0.1) is 0 Å². The van der Waals surface area contributed by atoms with Gasteiger partial charge in [0.15, 0.2) is 11.2 Å². The maximum atomic E-state index is 12.4. The number of nitrogens with two attached hydrogens (primary N) is 1. The number of benzene rings is 1. The molecule has 0 aliphatic heterocycles. The van der Waals surface area contributed by atoms with Gasteiger partial charge in [0.1, 0.15) is 0 Å². The lowest BCUT2D eigenvalue weighted by Crippen LogP contribution is -2.25. The minimum Gasteiger partial charge on any atom is -0.369 e. The van der Waals surface area contributed by atoms with Gasteiger partial charge in [-0.15, -0.1) is 0 Å². The normalized spacial score (nSPS) is 14.1. The first kappa shape index (κ1) is 14.0. The monoisotopic (exact) mass is 309 g/mol. The molecule has 2 heterocycles. The summed E-state index contributed by atoms with van der Waals surface area (Å²) in [7, 11) is 0. The second kappa shape index (κ2) is 5.53. The number of nitrogens with one attached hydrogen (secondary N) is 1. The molecule has 6 nitrogen and oxygen atoms in total. The van der Waals surface area contributed by atoms with Gasteiger partial charge in [-0.1, -0.05) is 18.2 Å². The van der Waals surface area contributed by atoms with Gasteiger partial charge < -0.3 is 10.7 Å². The summed E-state index contributed by atoms with van der Waals surface area (Å²) in [5.74, 6) is 0.215. The van der Waals surface area contributed by atoms with E-state index in [2.05, 4.69) is 33.2 Å². The quantitative estimate of drug-likeness (QED) is 0.772. The van der Waals surface area contributed by atoms with E-state index in [-0.39, 0.29) is 11.5 Å². The number of H-pyrrole nitrogens is 1. The fourth-order valence-electron chi connectivity index (χ4n) is 3.34. The molecule has 0 saturated carbocycles. The average Bonchev–Trinajstić information content (AvgIpc) is 3.03. The molecule has 0 spiro atoms. The van der Waals surface area contributed by atoms with E-state index in [4.69, 9.17) is 5.73 Å². The zero-order valence-electron chi connectivity index (χ0n) is 12.9.